The van der Waals surface area contributed by atoms with Gasteiger partial charge in [0, 0.05) is 17.6 Å². The van der Waals surface area contributed by atoms with E-state index in [-0.39, 0.29) is 11.7 Å². The van der Waals surface area contributed by atoms with Gasteiger partial charge >= 0.3 is 0 Å². The van der Waals surface area contributed by atoms with Crippen molar-refractivity contribution < 1.29 is 14.0 Å². The molecule has 1 aromatic heterocycles. The summed E-state index contributed by atoms with van der Waals surface area (Å²) in [5, 5.41) is 16.6. The van der Waals surface area contributed by atoms with Crippen LogP contribution in [0.1, 0.15) is 31.1 Å². The molecule has 3 atom stereocenters. The number of phenols is 1. The van der Waals surface area contributed by atoms with Crippen molar-refractivity contribution in [1.82, 2.24) is 15.5 Å². The third-order valence-electron chi connectivity index (χ3n) is 4.26. The highest BCUT2D eigenvalue weighted by Crippen LogP contribution is 2.39. The van der Waals surface area contributed by atoms with E-state index in [1.807, 2.05) is 0 Å². The van der Waals surface area contributed by atoms with Crippen LogP contribution in [0.4, 0.5) is 4.39 Å². The van der Waals surface area contributed by atoms with Gasteiger partial charge in [0.1, 0.15) is 0 Å². The third-order valence-corrected chi connectivity index (χ3v) is 4.26. The minimum absolute atomic E-state index is 0.261. The van der Waals surface area contributed by atoms with Crippen LogP contribution < -0.4 is 5.32 Å². The molecule has 2 saturated heterocycles. The van der Waals surface area contributed by atoms with Crippen molar-refractivity contribution in [2.75, 3.05) is 0 Å². The molecule has 4 rings (SSSR count). The molecule has 2 aliphatic rings. The van der Waals surface area contributed by atoms with E-state index in [0.29, 0.717) is 29.4 Å². The number of nitrogens with one attached hydrogen (secondary N) is 1. The van der Waals surface area contributed by atoms with Crippen molar-refractivity contribution in [3.8, 4) is 17.1 Å². The SMILES string of the molecule is Oc1ccc(-c2noc(C3CC4CCC3N4)n2)cc1F. The number of aromatic hydroxyl groups is 1. The monoisotopic (exact) mass is 275 g/mol. The Labute approximate surface area is 114 Å². The first-order valence-corrected chi connectivity index (χ1v) is 6.79. The van der Waals surface area contributed by atoms with Gasteiger partial charge in [0.2, 0.25) is 11.7 Å². The number of phenolic OH excluding ortho intramolecular Hbond substituents is 1. The Hall–Kier alpha value is -1.95. The van der Waals surface area contributed by atoms with Gasteiger partial charge in [-0.25, -0.2) is 4.39 Å². The van der Waals surface area contributed by atoms with E-state index in [4.69, 9.17) is 4.52 Å². The first-order valence-electron chi connectivity index (χ1n) is 6.79. The van der Waals surface area contributed by atoms with Crippen LogP contribution in [0.5, 0.6) is 5.75 Å². The summed E-state index contributed by atoms with van der Waals surface area (Å²) in [6.45, 7) is 0. The summed E-state index contributed by atoms with van der Waals surface area (Å²) in [5.41, 5.74) is 0.506. The van der Waals surface area contributed by atoms with Crippen LogP contribution in [-0.4, -0.2) is 27.3 Å². The normalized spacial score (nSPS) is 28.1. The number of halogens is 1. The Morgan fingerprint density at radius 3 is 2.95 bits per heavy atom. The van der Waals surface area contributed by atoms with Crippen LogP contribution in [-0.2, 0) is 0 Å². The van der Waals surface area contributed by atoms with Crippen molar-refractivity contribution in [2.24, 2.45) is 0 Å². The molecule has 2 aromatic rings. The van der Waals surface area contributed by atoms with Crippen molar-refractivity contribution in [1.29, 1.82) is 0 Å². The molecule has 2 aliphatic heterocycles. The molecular formula is C14H14FN3O2. The van der Waals surface area contributed by atoms with Crippen LogP contribution in [0.3, 0.4) is 0 Å². The summed E-state index contributed by atoms with van der Waals surface area (Å²) >= 11 is 0. The molecule has 1 aromatic carbocycles. The Balaban J connectivity index is 1.63. The fraction of sp³-hybridized carbons (Fsp3) is 0.429. The lowest BCUT2D eigenvalue weighted by Crippen LogP contribution is -2.21. The molecule has 0 radical (unpaired) electrons. The van der Waals surface area contributed by atoms with Gasteiger partial charge < -0.3 is 14.9 Å². The van der Waals surface area contributed by atoms with E-state index in [9.17, 15) is 9.50 Å². The quantitative estimate of drug-likeness (QED) is 0.879. The molecule has 0 amide bonds. The van der Waals surface area contributed by atoms with Gasteiger partial charge in [-0.1, -0.05) is 5.16 Å². The van der Waals surface area contributed by atoms with Crippen molar-refractivity contribution in [3.63, 3.8) is 0 Å². The smallest absolute Gasteiger partial charge is 0.231 e. The minimum Gasteiger partial charge on any atom is -0.505 e. The summed E-state index contributed by atoms with van der Waals surface area (Å²) in [6, 6.07) is 5.06. The Kier molecular flexibility index (Phi) is 2.53. The zero-order chi connectivity index (χ0) is 13.7. The predicted octanol–water partition coefficient (Wildman–Crippen LogP) is 2.19. The number of hydrogen-bond donors (Lipinski definition) is 2. The molecule has 6 heteroatoms. The summed E-state index contributed by atoms with van der Waals surface area (Å²) in [4.78, 5) is 4.39. The molecule has 3 heterocycles. The van der Waals surface area contributed by atoms with Gasteiger partial charge in [-0.05, 0) is 37.5 Å². The topological polar surface area (TPSA) is 71.2 Å². The first kappa shape index (κ1) is 11.8. The van der Waals surface area contributed by atoms with Crippen LogP contribution in [0.15, 0.2) is 22.7 Å². The van der Waals surface area contributed by atoms with Gasteiger partial charge in [0.15, 0.2) is 11.6 Å². The Morgan fingerprint density at radius 1 is 1.35 bits per heavy atom. The second-order valence-electron chi connectivity index (χ2n) is 5.51. The number of nitrogens with zero attached hydrogens (tertiary/aromatic N) is 2. The summed E-state index contributed by atoms with van der Waals surface area (Å²) in [5.74, 6) is 0.178. The lowest BCUT2D eigenvalue weighted by molar-refractivity contribution is 0.329. The molecule has 3 unspecified atom stereocenters. The molecule has 104 valence electrons. The minimum atomic E-state index is -0.685. The standard InChI is InChI=1S/C14H14FN3O2/c15-10-5-7(1-4-12(10)19)13-17-14(20-18-13)9-6-8-2-3-11(9)16-8/h1,4-5,8-9,11,16,19H,2-3,6H2. The van der Waals surface area contributed by atoms with E-state index in [0.717, 1.165) is 12.8 Å². The van der Waals surface area contributed by atoms with E-state index < -0.39 is 5.82 Å². The molecule has 2 bridgehead atoms. The molecule has 20 heavy (non-hydrogen) atoms. The maximum Gasteiger partial charge on any atom is 0.231 e. The highest BCUT2D eigenvalue weighted by atomic mass is 19.1. The lowest BCUT2D eigenvalue weighted by atomic mass is 9.89. The van der Waals surface area contributed by atoms with Gasteiger partial charge in [0.25, 0.3) is 0 Å². The van der Waals surface area contributed by atoms with Crippen molar-refractivity contribution >= 4 is 0 Å². The highest BCUT2D eigenvalue weighted by molar-refractivity contribution is 5.55. The first-order chi connectivity index (χ1) is 9.70. The van der Waals surface area contributed by atoms with E-state index in [2.05, 4.69) is 15.5 Å². The molecule has 0 aliphatic carbocycles. The van der Waals surface area contributed by atoms with E-state index >= 15 is 0 Å². The maximum atomic E-state index is 13.3. The lowest BCUT2D eigenvalue weighted by Gasteiger charge is -2.15. The van der Waals surface area contributed by atoms with E-state index in [1.54, 1.807) is 6.07 Å². The van der Waals surface area contributed by atoms with Gasteiger partial charge in [-0.2, -0.15) is 4.98 Å². The zero-order valence-corrected chi connectivity index (χ0v) is 10.7. The second kappa shape index (κ2) is 4.28. The van der Waals surface area contributed by atoms with Crippen LogP contribution >= 0.6 is 0 Å². The van der Waals surface area contributed by atoms with Gasteiger partial charge in [0.05, 0.1) is 5.92 Å². The number of aromatic nitrogens is 2. The van der Waals surface area contributed by atoms with Crippen molar-refractivity contribution in [2.45, 2.75) is 37.3 Å². The average molecular weight is 275 g/mol. The van der Waals surface area contributed by atoms with Gasteiger partial charge in [-0.3, -0.25) is 0 Å². The van der Waals surface area contributed by atoms with Crippen molar-refractivity contribution in [3.05, 3.63) is 29.9 Å². The Morgan fingerprint density at radius 2 is 2.25 bits per heavy atom. The van der Waals surface area contributed by atoms with E-state index in [1.165, 1.54) is 18.6 Å². The zero-order valence-electron chi connectivity index (χ0n) is 10.7. The van der Waals surface area contributed by atoms with Crippen LogP contribution in [0, 0.1) is 5.82 Å². The number of benzene rings is 1. The molecule has 0 saturated carbocycles. The number of hydrogen-bond acceptors (Lipinski definition) is 5. The fourth-order valence-electron chi connectivity index (χ4n) is 3.25. The second-order valence-corrected chi connectivity index (χ2v) is 5.51. The maximum absolute atomic E-state index is 13.3. The number of fused-ring (bicyclic) bond motifs is 2. The molecule has 5 nitrogen and oxygen atoms in total. The Bertz CT molecular complexity index is 658. The third kappa shape index (κ3) is 1.79. The van der Waals surface area contributed by atoms with Gasteiger partial charge in [-0.15, -0.1) is 0 Å². The molecular weight excluding hydrogens is 261 g/mol. The van der Waals surface area contributed by atoms with Crippen LogP contribution in [0.2, 0.25) is 0 Å². The van der Waals surface area contributed by atoms with Crippen LogP contribution in [0.25, 0.3) is 11.4 Å². The molecule has 2 N–H and O–H groups in total. The summed E-state index contributed by atoms with van der Waals surface area (Å²) < 4.78 is 18.7. The largest absolute Gasteiger partial charge is 0.505 e. The average Bonchev–Trinajstić information content (AvgIpc) is 3.16. The highest BCUT2D eigenvalue weighted by Gasteiger charge is 2.42. The number of rotatable bonds is 2. The fourth-order valence-corrected chi connectivity index (χ4v) is 3.25. The predicted molar refractivity (Wildman–Crippen MR) is 68.7 cm³/mol. The molecule has 2 fully saturated rings. The summed E-state index contributed by atoms with van der Waals surface area (Å²) in [6.07, 6.45) is 3.38. The summed E-state index contributed by atoms with van der Waals surface area (Å²) in [7, 11) is 0. The molecule has 0 spiro atoms.